The van der Waals surface area contributed by atoms with Crippen LogP contribution in [0.4, 0.5) is 0 Å². The van der Waals surface area contributed by atoms with Gasteiger partial charge in [-0.05, 0) is 42.0 Å². The summed E-state index contributed by atoms with van der Waals surface area (Å²) < 4.78 is 20.2. The molecule has 1 N–H and O–H groups in total. The maximum absolute atomic E-state index is 11.8. The lowest BCUT2D eigenvalue weighted by Crippen LogP contribution is -2.24. The van der Waals surface area contributed by atoms with E-state index in [1.165, 1.54) is 13.3 Å². The lowest BCUT2D eigenvalue weighted by atomic mass is 10.2. The zero-order valence-electron chi connectivity index (χ0n) is 15.0. The van der Waals surface area contributed by atoms with Crippen LogP contribution in [0.5, 0.6) is 17.2 Å². The molecule has 1 amide bonds. The molecule has 27 heavy (non-hydrogen) atoms. The number of carbonyl (C=O) groups is 2. The Bertz CT molecular complexity index is 789. The van der Waals surface area contributed by atoms with Crippen molar-refractivity contribution in [3.8, 4) is 17.2 Å². The SMILES string of the molecule is COC(=O)COc1cccc(/C=N\NC(=O)COc2ccc(OC)cc2)c1. The van der Waals surface area contributed by atoms with Crippen molar-refractivity contribution in [2.75, 3.05) is 27.4 Å². The van der Waals surface area contributed by atoms with E-state index < -0.39 is 11.9 Å². The van der Waals surface area contributed by atoms with E-state index >= 15 is 0 Å². The first-order chi connectivity index (χ1) is 13.1. The van der Waals surface area contributed by atoms with E-state index in [0.29, 0.717) is 22.8 Å². The van der Waals surface area contributed by atoms with Gasteiger partial charge in [0.1, 0.15) is 17.2 Å². The Balaban J connectivity index is 1.78. The Morgan fingerprint density at radius 1 is 0.963 bits per heavy atom. The van der Waals surface area contributed by atoms with E-state index in [9.17, 15) is 9.59 Å². The van der Waals surface area contributed by atoms with Crippen LogP contribution in [0.1, 0.15) is 5.56 Å². The molecular formula is C19H20N2O6. The summed E-state index contributed by atoms with van der Waals surface area (Å²) in [7, 11) is 2.86. The molecule has 0 aliphatic heterocycles. The second-order valence-electron chi connectivity index (χ2n) is 5.19. The minimum atomic E-state index is -0.474. The third-order valence-corrected chi connectivity index (χ3v) is 3.27. The molecule has 0 aliphatic carbocycles. The molecule has 8 nitrogen and oxygen atoms in total. The molecule has 0 aliphatic rings. The molecule has 0 radical (unpaired) electrons. The molecule has 2 aromatic rings. The third-order valence-electron chi connectivity index (χ3n) is 3.27. The van der Waals surface area contributed by atoms with Crippen molar-refractivity contribution in [3.63, 3.8) is 0 Å². The number of carbonyl (C=O) groups excluding carboxylic acids is 2. The van der Waals surface area contributed by atoms with Gasteiger partial charge in [0, 0.05) is 0 Å². The Kier molecular flexibility index (Phi) is 7.65. The quantitative estimate of drug-likeness (QED) is 0.410. The zero-order chi connectivity index (χ0) is 19.5. The number of ether oxygens (including phenoxy) is 4. The van der Waals surface area contributed by atoms with E-state index in [4.69, 9.17) is 14.2 Å². The fraction of sp³-hybridized carbons (Fsp3) is 0.211. The summed E-state index contributed by atoms with van der Waals surface area (Å²) in [6, 6.07) is 13.8. The smallest absolute Gasteiger partial charge is 0.343 e. The molecule has 0 saturated heterocycles. The fourth-order valence-corrected chi connectivity index (χ4v) is 1.92. The lowest BCUT2D eigenvalue weighted by molar-refractivity contribution is -0.142. The largest absolute Gasteiger partial charge is 0.497 e. The molecule has 0 heterocycles. The van der Waals surface area contributed by atoms with Gasteiger partial charge in [-0.3, -0.25) is 4.79 Å². The molecule has 0 aromatic heterocycles. The molecule has 2 rings (SSSR count). The second kappa shape index (κ2) is 10.4. The fourth-order valence-electron chi connectivity index (χ4n) is 1.92. The molecule has 0 saturated carbocycles. The molecule has 0 fully saturated rings. The van der Waals surface area contributed by atoms with Crippen LogP contribution >= 0.6 is 0 Å². The van der Waals surface area contributed by atoms with Crippen LogP contribution in [0, 0.1) is 0 Å². The highest BCUT2D eigenvalue weighted by Gasteiger charge is 2.03. The molecule has 0 atom stereocenters. The van der Waals surface area contributed by atoms with Crippen LogP contribution in [-0.4, -0.2) is 45.5 Å². The summed E-state index contributed by atoms with van der Waals surface area (Å²) in [4.78, 5) is 22.8. The summed E-state index contributed by atoms with van der Waals surface area (Å²) in [5.74, 6) is 0.858. The van der Waals surface area contributed by atoms with Crippen molar-refractivity contribution in [2.24, 2.45) is 5.10 Å². The Morgan fingerprint density at radius 3 is 2.37 bits per heavy atom. The highest BCUT2D eigenvalue weighted by molar-refractivity contribution is 5.83. The van der Waals surface area contributed by atoms with Crippen molar-refractivity contribution < 1.29 is 28.5 Å². The van der Waals surface area contributed by atoms with Gasteiger partial charge in [-0.2, -0.15) is 5.10 Å². The normalized spacial score (nSPS) is 10.3. The van der Waals surface area contributed by atoms with Crippen molar-refractivity contribution in [1.29, 1.82) is 0 Å². The van der Waals surface area contributed by atoms with Crippen LogP contribution in [0.15, 0.2) is 53.6 Å². The lowest BCUT2D eigenvalue weighted by Gasteiger charge is -2.06. The monoisotopic (exact) mass is 372 g/mol. The van der Waals surface area contributed by atoms with E-state index in [-0.39, 0.29) is 13.2 Å². The number of hydrogen-bond donors (Lipinski definition) is 1. The van der Waals surface area contributed by atoms with Crippen molar-refractivity contribution in [3.05, 3.63) is 54.1 Å². The number of nitrogens with one attached hydrogen (secondary N) is 1. The van der Waals surface area contributed by atoms with Crippen molar-refractivity contribution in [2.45, 2.75) is 0 Å². The van der Waals surface area contributed by atoms with Gasteiger partial charge in [-0.15, -0.1) is 0 Å². The number of rotatable bonds is 9. The van der Waals surface area contributed by atoms with Gasteiger partial charge in [-0.1, -0.05) is 12.1 Å². The summed E-state index contributed by atoms with van der Waals surface area (Å²) in [5, 5.41) is 3.86. The highest BCUT2D eigenvalue weighted by Crippen LogP contribution is 2.16. The Labute approximate surface area is 156 Å². The van der Waals surface area contributed by atoms with Crippen LogP contribution in [0.2, 0.25) is 0 Å². The summed E-state index contributed by atoms with van der Waals surface area (Å²) in [6.07, 6.45) is 1.45. The van der Waals surface area contributed by atoms with Gasteiger partial charge < -0.3 is 18.9 Å². The molecule has 8 heteroatoms. The van der Waals surface area contributed by atoms with E-state index in [0.717, 1.165) is 0 Å². The molecule has 0 unspecified atom stereocenters. The van der Waals surface area contributed by atoms with Crippen molar-refractivity contribution in [1.82, 2.24) is 5.43 Å². The maximum Gasteiger partial charge on any atom is 0.343 e. The first-order valence-corrected chi connectivity index (χ1v) is 7.99. The van der Waals surface area contributed by atoms with Gasteiger partial charge in [0.25, 0.3) is 5.91 Å². The van der Waals surface area contributed by atoms with E-state index in [1.807, 2.05) is 0 Å². The number of benzene rings is 2. The van der Waals surface area contributed by atoms with Crippen LogP contribution in [-0.2, 0) is 14.3 Å². The third kappa shape index (κ3) is 7.07. The number of hydrazone groups is 1. The number of methoxy groups -OCH3 is 2. The minimum absolute atomic E-state index is 0.175. The summed E-state index contributed by atoms with van der Waals surface area (Å²) in [6.45, 7) is -0.359. The van der Waals surface area contributed by atoms with Gasteiger partial charge in [0.2, 0.25) is 0 Å². The first kappa shape index (κ1) is 19.8. The Morgan fingerprint density at radius 2 is 1.67 bits per heavy atom. The number of hydrogen-bond acceptors (Lipinski definition) is 7. The second-order valence-corrected chi connectivity index (χ2v) is 5.19. The van der Waals surface area contributed by atoms with Crippen LogP contribution in [0.25, 0.3) is 0 Å². The molecule has 0 spiro atoms. The summed E-state index contributed by atoms with van der Waals surface area (Å²) >= 11 is 0. The maximum atomic E-state index is 11.8. The predicted octanol–water partition coefficient (Wildman–Crippen LogP) is 1.78. The number of amides is 1. The average molecular weight is 372 g/mol. The molecule has 142 valence electrons. The van der Waals surface area contributed by atoms with E-state index in [1.54, 1.807) is 55.6 Å². The van der Waals surface area contributed by atoms with Gasteiger partial charge in [0.15, 0.2) is 13.2 Å². The van der Waals surface area contributed by atoms with Crippen molar-refractivity contribution >= 4 is 18.1 Å². The molecule has 2 aromatic carbocycles. The standard InChI is InChI=1S/C19H20N2O6/c1-24-15-6-8-16(9-7-15)26-12-18(22)21-20-11-14-4-3-5-17(10-14)27-13-19(23)25-2/h3-11H,12-13H2,1-2H3,(H,21,22)/b20-11-. The topological polar surface area (TPSA) is 95.5 Å². The Hall–Kier alpha value is -3.55. The number of esters is 1. The summed E-state index contributed by atoms with van der Waals surface area (Å²) in [5.41, 5.74) is 3.06. The van der Waals surface area contributed by atoms with E-state index in [2.05, 4.69) is 15.3 Å². The van der Waals surface area contributed by atoms with Crippen LogP contribution in [0.3, 0.4) is 0 Å². The number of nitrogens with zero attached hydrogens (tertiary/aromatic N) is 1. The highest BCUT2D eigenvalue weighted by atomic mass is 16.6. The zero-order valence-corrected chi connectivity index (χ0v) is 15.0. The molecule has 0 bridgehead atoms. The van der Waals surface area contributed by atoms with Crippen LogP contribution < -0.4 is 19.6 Å². The minimum Gasteiger partial charge on any atom is -0.497 e. The predicted molar refractivity (Wildman–Crippen MR) is 98.2 cm³/mol. The van der Waals surface area contributed by atoms with Gasteiger partial charge in [-0.25, -0.2) is 10.2 Å². The average Bonchev–Trinajstić information content (AvgIpc) is 2.71. The first-order valence-electron chi connectivity index (χ1n) is 7.99. The molecular weight excluding hydrogens is 352 g/mol. The van der Waals surface area contributed by atoms with Gasteiger partial charge >= 0.3 is 5.97 Å². The van der Waals surface area contributed by atoms with Gasteiger partial charge in [0.05, 0.1) is 20.4 Å².